The maximum Gasteiger partial charge on any atom is 0.0719 e. The standard InChI is InChI=1S/C50H37N/c1-49(2)41-27-13-15-29-43(41)50(44-30-16-14-28-42(44)49)40-26-12-11-24-38(40)47-39(25-17-31-45(47)50)48-37-23-10-9-18-34(37)32-33-46(48)51(35-19-5-3-6-20-35)36-21-7-4-8-22-36/h3-33H,1-2H3. The van der Waals surface area contributed by atoms with Crippen LogP contribution in [0, 0.1) is 0 Å². The molecule has 2 aliphatic rings. The molecular weight excluding hydrogens is 615 g/mol. The Labute approximate surface area is 300 Å². The topological polar surface area (TPSA) is 3.24 Å². The molecule has 242 valence electrons. The average Bonchev–Trinajstić information content (AvgIpc) is 3.49. The summed E-state index contributed by atoms with van der Waals surface area (Å²) in [6.07, 6.45) is 0. The average molecular weight is 652 g/mol. The SMILES string of the molecule is CC1(C)c2ccccc2C2(c3ccccc3-c3c(-c4c(N(c5ccccc5)c5ccccc5)ccc5ccccc45)cccc32)c2ccccc21. The second-order valence-corrected chi connectivity index (χ2v) is 14.4. The number of hydrogen-bond donors (Lipinski definition) is 0. The first-order chi connectivity index (χ1) is 25.1. The van der Waals surface area contributed by atoms with Gasteiger partial charge >= 0.3 is 0 Å². The van der Waals surface area contributed by atoms with E-state index in [1.54, 1.807) is 0 Å². The molecule has 51 heavy (non-hydrogen) atoms. The molecule has 0 saturated carbocycles. The van der Waals surface area contributed by atoms with E-state index in [0.29, 0.717) is 0 Å². The Morgan fingerprint density at radius 3 is 1.49 bits per heavy atom. The molecule has 0 fully saturated rings. The molecule has 0 aromatic heterocycles. The van der Waals surface area contributed by atoms with Crippen LogP contribution in [0.15, 0.2) is 188 Å². The van der Waals surface area contributed by atoms with Crippen molar-refractivity contribution in [2.45, 2.75) is 24.7 Å². The van der Waals surface area contributed by atoms with Crippen molar-refractivity contribution in [1.29, 1.82) is 0 Å². The van der Waals surface area contributed by atoms with Gasteiger partial charge in [-0.3, -0.25) is 0 Å². The number of benzene rings is 8. The molecule has 0 N–H and O–H groups in total. The van der Waals surface area contributed by atoms with Crippen molar-refractivity contribution in [1.82, 2.24) is 0 Å². The van der Waals surface area contributed by atoms with Gasteiger partial charge in [-0.15, -0.1) is 0 Å². The summed E-state index contributed by atoms with van der Waals surface area (Å²) in [7, 11) is 0. The fourth-order valence-corrected chi connectivity index (χ4v) is 9.43. The maximum absolute atomic E-state index is 2.42. The lowest BCUT2D eigenvalue weighted by atomic mass is 9.55. The Hall–Kier alpha value is -6.18. The van der Waals surface area contributed by atoms with E-state index >= 15 is 0 Å². The van der Waals surface area contributed by atoms with E-state index in [0.717, 1.165) is 17.1 Å². The quantitative estimate of drug-likeness (QED) is 0.183. The van der Waals surface area contributed by atoms with Gasteiger partial charge in [0, 0.05) is 22.4 Å². The van der Waals surface area contributed by atoms with Gasteiger partial charge in [0.05, 0.1) is 11.1 Å². The summed E-state index contributed by atoms with van der Waals surface area (Å²) in [5, 5.41) is 2.47. The molecule has 0 atom stereocenters. The third-order valence-corrected chi connectivity index (χ3v) is 11.5. The van der Waals surface area contributed by atoms with Crippen molar-refractivity contribution >= 4 is 27.8 Å². The second kappa shape index (κ2) is 11.2. The van der Waals surface area contributed by atoms with Crippen molar-refractivity contribution in [3.8, 4) is 22.3 Å². The van der Waals surface area contributed by atoms with Crippen LogP contribution in [0.25, 0.3) is 33.0 Å². The van der Waals surface area contributed by atoms with Crippen molar-refractivity contribution in [2.24, 2.45) is 0 Å². The Balaban J connectivity index is 1.35. The summed E-state index contributed by atoms with van der Waals surface area (Å²) in [4.78, 5) is 2.42. The van der Waals surface area contributed by atoms with Crippen molar-refractivity contribution in [3.63, 3.8) is 0 Å². The molecule has 0 aliphatic heterocycles. The lowest BCUT2D eigenvalue weighted by molar-refractivity contribution is 0.563. The van der Waals surface area contributed by atoms with Crippen LogP contribution in [0.1, 0.15) is 47.2 Å². The fourth-order valence-electron chi connectivity index (χ4n) is 9.43. The third kappa shape index (κ3) is 4.09. The van der Waals surface area contributed by atoms with Crippen LogP contribution in [-0.4, -0.2) is 0 Å². The third-order valence-electron chi connectivity index (χ3n) is 11.5. The number of anilines is 3. The van der Waals surface area contributed by atoms with Gasteiger partial charge in [0.2, 0.25) is 0 Å². The zero-order chi connectivity index (χ0) is 34.2. The van der Waals surface area contributed by atoms with E-state index in [4.69, 9.17) is 0 Å². The first-order valence-electron chi connectivity index (χ1n) is 18.0. The molecule has 0 saturated heterocycles. The minimum atomic E-state index is -0.450. The smallest absolute Gasteiger partial charge is 0.0719 e. The minimum Gasteiger partial charge on any atom is -0.310 e. The van der Waals surface area contributed by atoms with E-state index in [1.165, 1.54) is 66.4 Å². The van der Waals surface area contributed by atoms with Gasteiger partial charge in [-0.1, -0.05) is 172 Å². The number of nitrogens with zero attached hydrogens (tertiary/aromatic N) is 1. The highest BCUT2D eigenvalue weighted by Gasteiger charge is 2.53. The molecule has 0 heterocycles. The van der Waals surface area contributed by atoms with Crippen molar-refractivity contribution < 1.29 is 0 Å². The van der Waals surface area contributed by atoms with E-state index < -0.39 is 5.41 Å². The van der Waals surface area contributed by atoms with E-state index in [9.17, 15) is 0 Å². The molecule has 10 rings (SSSR count). The summed E-state index contributed by atoms with van der Waals surface area (Å²) < 4.78 is 0. The molecule has 1 spiro atoms. The number of para-hydroxylation sites is 2. The summed E-state index contributed by atoms with van der Waals surface area (Å²) in [6, 6.07) is 69.7. The Morgan fingerprint density at radius 1 is 0.353 bits per heavy atom. The predicted octanol–water partition coefficient (Wildman–Crippen LogP) is 13.0. The first kappa shape index (κ1) is 29.7. The highest BCUT2D eigenvalue weighted by atomic mass is 15.1. The lowest BCUT2D eigenvalue weighted by Crippen LogP contribution is -2.40. The molecular formula is C50H37N. The number of rotatable bonds is 4. The molecule has 2 aliphatic carbocycles. The van der Waals surface area contributed by atoms with Gasteiger partial charge in [0.15, 0.2) is 0 Å². The van der Waals surface area contributed by atoms with Crippen LogP contribution in [-0.2, 0) is 10.8 Å². The monoisotopic (exact) mass is 651 g/mol. The normalized spacial score (nSPS) is 14.4. The summed E-state index contributed by atoms with van der Waals surface area (Å²) >= 11 is 0. The largest absolute Gasteiger partial charge is 0.310 e. The van der Waals surface area contributed by atoms with Crippen molar-refractivity contribution in [3.05, 3.63) is 221 Å². The van der Waals surface area contributed by atoms with Crippen LogP contribution in [0.3, 0.4) is 0 Å². The molecule has 0 radical (unpaired) electrons. The zero-order valence-electron chi connectivity index (χ0n) is 28.8. The molecule has 1 nitrogen and oxygen atoms in total. The predicted molar refractivity (Wildman–Crippen MR) is 213 cm³/mol. The zero-order valence-corrected chi connectivity index (χ0v) is 28.8. The maximum atomic E-state index is 2.42. The van der Waals surface area contributed by atoms with E-state index in [2.05, 4.69) is 207 Å². The van der Waals surface area contributed by atoms with E-state index in [-0.39, 0.29) is 5.41 Å². The molecule has 0 bridgehead atoms. The van der Waals surface area contributed by atoms with Gasteiger partial charge < -0.3 is 4.90 Å². The van der Waals surface area contributed by atoms with Gasteiger partial charge in [-0.05, 0) is 91.2 Å². The first-order valence-corrected chi connectivity index (χ1v) is 18.0. The van der Waals surface area contributed by atoms with Gasteiger partial charge in [-0.2, -0.15) is 0 Å². The lowest BCUT2D eigenvalue weighted by Gasteiger charge is -2.46. The summed E-state index contributed by atoms with van der Waals surface area (Å²) in [6.45, 7) is 4.78. The summed E-state index contributed by atoms with van der Waals surface area (Å²) in [5.74, 6) is 0. The Bertz CT molecular complexity index is 2530. The van der Waals surface area contributed by atoms with Crippen LogP contribution in [0.5, 0.6) is 0 Å². The van der Waals surface area contributed by atoms with Crippen LogP contribution >= 0.6 is 0 Å². The number of hydrogen-bond acceptors (Lipinski definition) is 1. The van der Waals surface area contributed by atoms with Crippen LogP contribution < -0.4 is 4.90 Å². The molecule has 8 aromatic carbocycles. The minimum absolute atomic E-state index is 0.136. The van der Waals surface area contributed by atoms with Gasteiger partial charge in [-0.25, -0.2) is 0 Å². The van der Waals surface area contributed by atoms with Crippen molar-refractivity contribution in [2.75, 3.05) is 4.90 Å². The molecule has 0 amide bonds. The summed E-state index contributed by atoms with van der Waals surface area (Å²) in [5.41, 5.74) is 16.2. The van der Waals surface area contributed by atoms with Gasteiger partial charge in [0.25, 0.3) is 0 Å². The molecule has 1 heteroatoms. The molecule has 8 aromatic rings. The number of fused-ring (bicyclic) bond motifs is 10. The highest BCUT2D eigenvalue weighted by molar-refractivity contribution is 6.10. The molecule has 0 unspecified atom stereocenters. The van der Waals surface area contributed by atoms with E-state index in [1.807, 2.05) is 0 Å². The Kier molecular flexibility index (Phi) is 6.51. The fraction of sp³-hybridized carbons (Fsp3) is 0.0800. The van der Waals surface area contributed by atoms with Crippen LogP contribution in [0.2, 0.25) is 0 Å². The van der Waals surface area contributed by atoms with Crippen LogP contribution in [0.4, 0.5) is 17.1 Å². The second-order valence-electron chi connectivity index (χ2n) is 14.4. The van der Waals surface area contributed by atoms with Gasteiger partial charge in [0.1, 0.15) is 0 Å². The highest BCUT2D eigenvalue weighted by Crippen LogP contribution is 2.64. The Morgan fingerprint density at radius 2 is 0.843 bits per heavy atom.